The number of benzene rings is 8. The molecular formula is C56H43N5. The van der Waals surface area contributed by atoms with Crippen molar-refractivity contribution in [1.82, 2.24) is 9.55 Å². The zero-order valence-corrected chi connectivity index (χ0v) is 34.3. The normalized spacial score (nSPS) is 17.1. The third kappa shape index (κ3) is 5.33. The van der Waals surface area contributed by atoms with Gasteiger partial charge in [-0.1, -0.05) is 166 Å². The maximum atomic E-state index is 5.44. The van der Waals surface area contributed by atoms with Gasteiger partial charge in [0.2, 0.25) is 0 Å². The van der Waals surface area contributed by atoms with Crippen LogP contribution in [0, 0.1) is 5.92 Å². The van der Waals surface area contributed by atoms with Gasteiger partial charge in [-0.15, -0.1) is 0 Å². The van der Waals surface area contributed by atoms with Gasteiger partial charge in [0.25, 0.3) is 0 Å². The highest BCUT2D eigenvalue weighted by molar-refractivity contribution is 6.18. The lowest BCUT2D eigenvalue weighted by Gasteiger charge is -2.43. The highest BCUT2D eigenvalue weighted by Crippen LogP contribution is 2.57. The molecule has 10 aromatic rings. The molecule has 5 nitrogen and oxygen atoms in total. The first-order valence-electron chi connectivity index (χ1n) is 21.3. The van der Waals surface area contributed by atoms with Gasteiger partial charge >= 0.3 is 0 Å². The van der Waals surface area contributed by atoms with Crippen molar-refractivity contribution in [1.29, 1.82) is 0 Å². The topological polar surface area (TPSA) is 48.7 Å². The molecule has 0 fully saturated rings. The maximum Gasteiger partial charge on any atom is 0.155 e. The Labute approximate surface area is 355 Å². The molecule has 5 heteroatoms. The quantitative estimate of drug-likeness (QED) is 0.186. The summed E-state index contributed by atoms with van der Waals surface area (Å²) in [7, 11) is 0. The van der Waals surface area contributed by atoms with Crippen LogP contribution >= 0.6 is 0 Å². The number of para-hydroxylation sites is 3. The second-order valence-electron chi connectivity index (χ2n) is 17.1. The lowest BCUT2D eigenvalue weighted by molar-refractivity contribution is 0.592. The van der Waals surface area contributed by atoms with Gasteiger partial charge in [0.1, 0.15) is 0 Å². The molecule has 1 N–H and O–H groups in total. The molecule has 0 radical (unpaired) electrons. The zero-order valence-electron chi connectivity index (χ0n) is 34.3. The molecule has 0 aliphatic carbocycles. The summed E-state index contributed by atoms with van der Waals surface area (Å²) in [6, 6.07) is 67.8. The molecule has 0 spiro atoms. The van der Waals surface area contributed by atoms with Gasteiger partial charge in [-0.25, -0.2) is 4.99 Å². The fourth-order valence-corrected chi connectivity index (χ4v) is 10.4. The third-order valence-electron chi connectivity index (χ3n) is 13.2. The van der Waals surface area contributed by atoms with Crippen molar-refractivity contribution in [2.24, 2.45) is 15.9 Å². The van der Waals surface area contributed by atoms with Crippen LogP contribution in [0.2, 0.25) is 0 Å². The molecule has 292 valence electrons. The van der Waals surface area contributed by atoms with Crippen LogP contribution in [0.3, 0.4) is 0 Å². The number of fused-ring (bicyclic) bond motifs is 10. The van der Waals surface area contributed by atoms with E-state index >= 15 is 0 Å². The summed E-state index contributed by atoms with van der Waals surface area (Å²) in [5.41, 5.74) is 15.9. The van der Waals surface area contributed by atoms with E-state index in [0.29, 0.717) is 0 Å². The number of nitrogens with one attached hydrogen (secondary N) is 1. The largest absolute Gasteiger partial charge is 0.354 e. The average Bonchev–Trinajstić information content (AvgIpc) is 3.86. The number of rotatable bonds is 5. The molecule has 61 heavy (non-hydrogen) atoms. The van der Waals surface area contributed by atoms with Crippen molar-refractivity contribution in [3.05, 3.63) is 216 Å². The van der Waals surface area contributed by atoms with E-state index in [4.69, 9.17) is 9.98 Å². The summed E-state index contributed by atoms with van der Waals surface area (Å²) in [5.74, 6) is 0.811. The van der Waals surface area contributed by atoms with Crippen LogP contribution in [0.4, 0.5) is 17.1 Å². The molecule has 2 unspecified atom stereocenters. The Morgan fingerprint density at radius 1 is 0.574 bits per heavy atom. The number of anilines is 3. The Hall–Kier alpha value is -7.50. The summed E-state index contributed by atoms with van der Waals surface area (Å²) in [6.07, 6.45) is 0. The molecule has 2 aromatic heterocycles. The van der Waals surface area contributed by atoms with E-state index in [1.165, 1.54) is 60.6 Å². The number of nitrogens with zero attached hydrogens (tertiary/aromatic N) is 4. The van der Waals surface area contributed by atoms with Crippen LogP contribution in [0.15, 0.2) is 198 Å². The minimum atomic E-state index is -0.346. The van der Waals surface area contributed by atoms with Crippen molar-refractivity contribution >= 4 is 72.2 Å². The van der Waals surface area contributed by atoms with E-state index in [9.17, 15) is 0 Å². The first-order valence-corrected chi connectivity index (χ1v) is 21.3. The van der Waals surface area contributed by atoms with Crippen LogP contribution in [-0.4, -0.2) is 21.1 Å². The molecular weight excluding hydrogens is 743 g/mol. The Morgan fingerprint density at radius 3 is 2.02 bits per heavy atom. The SMILES string of the molecule is CC1C(c2ccccc2)=NC(c2ccccc2)=NC1c1cccc(-n2c3ccccc3c3ccc4c(c32)N(c2ccccc2)c2ccc3c([nH]c5ccccc53)c2C4(C)C)c1. The maximum absolute atomic E-state index is 5.44. The standard InChI is InChI=1S/C56H43N5/c1-35-50(36-18-7-4-8-19-36)58-55(37-20-9-5-10-21-37)59-51(35)38-22-17-25-40(34-38)61-47-29-16-14-27-42(47)44-30-32-45-54(53(44)61)60(39-23-11-6-12-24-39)48-33-31-43-41-26-13-15-28-46(41)57-52(43)49(48)56(45,2)3/h4-35,51,57H,1-3H3. The molecule has 2 atom stereocenters. The molecule has 0 amide bonds. The van der Waals surface area contributed by atoms with Crippen molar-refractivity contribution in [2.75, 3.05) is 4.90 Å². The number of H-pyrrole nitrogens is 1. The van der Waals surface area contributed by atoms with Gasteiger partial charge in [-0.2, -0.15) is 0 Å². The van der Waals surface area contributed by atoms with Gasteiger partial charge in [-0.3, -0.25) is 4.99 Å². The fourth-order valence-electron chi connectivity index (χ4n) is 10.4. The van der Waals surface area contributed by atoms with Gasteiger partial charge < -0.3 is 14.5 Å². The third-order valence-corrected chi connectivity index (χ3v) is 13.2. The molecule has 2 aliphatic rings. The Morgan fingerprint density at radius 2 is 1.23 bits per heavy atom. The van der Waals surface area contributed by atoms with Gasteiger partial charge in [0.15, 0.2) is 5.84 Å². The first kappa shape index (κ1) is 35.4. The van der Waals surface area contributed by atoms with Crippen molar-refractivity contribution in [3.63, 3.8) is 0 Å². The Kier molecular flexibility index (Phi) is 7.85. The number of hydrogen-bond acceptors (Lipinski definition) is 3. The summed E-state index contributed by atoms with van der Waals surface area (Å²) in [6.45, 7) is 7.07. The molecule has 0 bridgehead atoms. The number of amidine groups is 1. The number of aromatic nitrogens is 2. The zero-order chi connectivity index (χ0) is 40.8. The van der Waals surface area contributed by atoms with Crippen molar-refractivity contribution in [2.45, 2.75) is 32.2 Å². The van der Waals surface area contributed by atoms with E-state index in [1.807, 2.05) is 6.07 Å². The van der Waals surface area contributed by atoms with E-state index < -0.39 is 0 Å². The van der Waals surface area contributed by atoms with Crippen LogP contribution in [0.25, 0.3) is 49.3 Å². The second-order valence-corrected chi connectivity index (χ2v) is 17.1. The summed E-state index contributed by atoms with van der Waals surface area (Å²) >= 11 is 0. The van der Waals surface area contributed by atoms with E-state index in [-0.39, 0.29) is 17.4 Å². The van der Waals surface area contributed by atoms with Crippen LogP contribution in [0.1, 0.15) is 54.6 Å². The molecule has 4 heterocycles. The van der Waals surface area contributed by atoms with Crippen LogP contribution in [0.5, 0.6) is 0 Å². The number of aromatic amines is 1. The number of hydrogen-bond donors (Lipinski definition) is 1. The van der Waals surface area contributed by atoms with Gasteiger partial charge in [0.05, 0.1) is 39.7 Å². The van der Waals surface area contributed by atoms with Gasteiger partial charge in [0, 0.05) is 60.9 Å². The monoisotopic (exact) mass is 785 g/mol. The lowest BCUT2D eigenvalue weighted by atomic mass is 9.72. The van der Waals surface area contributed by atoms with Crippen LogP contribution < -0.4 is 4.90 Å². The highest BCUT2D eigenvalue weighted by Gasteiger charge is 2.41. The van der Waals surface area contributed by atoms with E-state index in [1.54, 1.807) is 0 Å². The summed E-state index contributed by atoms with van der Waals surface area (Å²) < 4.78 is 2.51. The van der Waals surface area contributed by atoms with E-state index in [0.717, 1.165) is 45.1 Å². The Bertz CT molecular complexity index is 3410. The van der Waals surface area contributed by atoms with Crippen LogP contribution in [-0.2, 0) is 5.41 Å². The van der Waals surface area contributed by atoms with E-state index in [2.05, 4.69) is 217 Å². The highest BCUT2D eigenvalue weighted by atomic mass is 15.2. The Balaban J connectivity index is 1.11. The van der Waals surface area contributed by atoms with Crippen molar-refractivity contribution < 1.29 is 0 Å². The number of aliphatic imine (C=N–C) groups is 2. The van der Waals surface area contributed by atoms with Crippen molar-refractivity contribution in [3.8, 4) is 5.69 Å². The predicted octanol–water partition coefficient (Wildman–Crippen LogP) is 14.2. The minimum Gasteiger partial charge on any atom is -0.354 e. The molecule has 2 aliphatic heterocycles. The summed E-state index contributed by atoms with van der Waals surface area (Å²) in [4.78, 5) is 17.1. The fraction of sp³-hybridized carbons (Fsp3) is 0.107. The smallest absolute Gasteiger partial charge is 0.155 e. The molecule has 0 saturated carbocycles. The lowest BCUT2D eigenvalue weighted by Crippen LogP contribution is -2.31. The second kappa shape index (κ2) is 13.5. The molecule has 12 rings (SSSR count). The minimum absolute atomic E-state index is 0.0448. The molecule has 8 aromatic carbocycles. The first-order chi connectivity index (χ1) is 30.0. The van der Waals surface area contributed by atoms with Gasteiger partial charge in [-0.05, 0) is 59.2 Å². The summed E-state index contributed by atoms with van der Waals surface area (Å²) in [5, 5.41) is 4.95. The predicted molar refractivity (Wildman–Crippen MR) is 255 cm³/mol. The molecule has 0 saturated heterocycles. The average molecular weight is 786 g/mol.